The third kappa shape index (κ3) is 7.77. The molecule has 1 N–H and O–H groups in total. The molecule has 0 unspecified atom stereocenters. The fraction of sp³-hybridized carbons (Fsp3) is 0.333. The number of unbranched alkanes of at least 4 members (excludes halogenated alkanes) is 1. The third-order valence-corrected chi connectivity index (χ3v) is 8.99. The summed E-state index contributed by atoms with van der Waals surface area (Å²) in [6.07, 6.45) is 2.03. The first-order valence-corrected chi connectivity index (χ1v) is 15.4. The van der Waals surface area contributed by atoms with E-state index in [4.69, 9.17) is 23.2 Å². The average Bonchev–Trinajstić information content (AvgIpc) is 2.93. The summed E-state index contributed by atoms with van der Waals surface area (Å²) in [7, 11) is -4.20. The second-order valence-corrected chi connectivity index (χ2v) is 12.1. The van der Waals surface area contributed by atoms with Gasteiger partial charge in [-0.1, -0.05) is 91.5 Å². The van der Waals surface area contributed by atoms with E-state index >= 15 is 0 Å². The lowest BCUT2D eigenvalue weighted by Gasteiger charge is -2.33. The summed E-state index contributed by atoms with van der Waals surface area (Å²) in [6, 6.07) is 19.0. The van der Waals surface area contributed by atoms with Gasteiger partial charge in [0.1, 0.15) is 12.6 Å². The molecule has 3 aromatic carbocycles. The predicted molar refractivity (Wildman–Crippen MR) is 161 cm³/mol. The molecule has 214 valence electrons. The minimum atomic E-state index is -4.20. The van der Waals surface area contributed by atoms with Gasteiger partial charge in [0.25, 0.3) is 10.0 Å². The zero-order valence-corrected chi connectivity index (χ0v) is 25.3. The molecule has 10 heteroatoms. The molecule has 1 atom stereocenters. The highest BCUT2D eigenvalue weighted by Crippen LogP contribution is 2.31. The first-order valence-electron chi connectivity index (χ1n) is 13.2. The van der Waals surface area contributed by atoms with Crippen molar-refractivity contribution in [2.45, 2.75) is 57.5 Å². The lowest BCUT2D eigenvalue weighted by molar-refractivity contribution is -0.140. The minimum absolute atomic E-state index is 0.0211. The highest BCUT2D eigenvalue weighted by molar-refractivity contribution is 7.92. The first-order chi connectivity index (χ1) is 19.1. The molecule has 3 rings (SSSR count). The summed E-state index contributed by atoms with van der Waals surface area (Å²) in [5.74, 6) is -0.866. The van der Waals surface area contributed by atoms with Gasteiger partial charge in [0.05, 0.1) is 15.6 Å². The fourth-order valence-corrected chi connectivity index (χ4v) is 6.16. The van der Waals surface area contributed by atoms with Gasteiger partial charge in [-0.3, -0.25) is 13.9 Å². The normalized spacial score (nSPS) is 12.0. The molecule has 0 heterocycles. The van der Waals surface area contributed by atoms with Gasteiger partial charge >= 0.3 is 0 Å². The molecular weight excluding hydrogens is 569 g/mol. The second kappa shape index (κ2) is 14.5. The Kier molecular flexibility index (Phi) is 11.4. The van der Waals surface area contributed by atoms with Crippen LogP contribution in [0.4, 0.5) is 5.69 Å². The molecule has 0 aromatic heterocycles. The third-order valence-electron chi connectivity index (χ3n) is 6.52. The first kappa shape index (κ1) is 31.5. The van der Waals surface area contributed by atoms with Gasteiger partial charge in [-0.25, -0.2) is 8.42 Å². The summed E-state index contributed by atoms with van der Waals surface area (Å²) in [6.45, 7) is 5.63. The van der Waals surface area contributed by atoms with Crippen LogP contribution >= 0.6 is 23.2 Å². The largest absolute Gasteiger partial charge is 0.354 e. The van der Waals surface area contributed by atoms with Crippen LogP contribution in [-0.2, 0) is 26.2 Å². The van der Waals surface area contributed by atoms with Gasteiger partial charge in [-0.15, -0.1) is 0 Å². The summed E-state index contributed by atoms with van der Waals surface area (Å²) < 4.78 is 28.8. The average molecular weight is 605 g/mol. The topological polar surface area (TPSA) is 86.8 Å². The van der Waals surface area contributed by atoms with E-state index < -0.39 is 28.5 Å². The van der Waals surface area contributed by atoms with Crippen molar-refractivity contribution in [2.75, 3.05) is 17.4 Å². The van der Waals surface area contributed by atoms with E-state index in [1.807, 2.05) is 20.8 Å². The van der Waals surface area contributed by atoms with E-state index in [-0.39, 0.29) is 28.1 Å². The molecule has 0 radical (unpaired) electrons. The molecule has 40 heavy (non-hydrogen) atoms. The van der Waals surface area contributed by atoms with Crippen LogP contribution in [-0.4, -0.2) is 44.3 Å². The van der Waals surface area contributed by atoms with Crippen molar-refractivity contribution >= 4 is 50.7 Å². The number of hydrogen-bond acceptors (Lipinski definition) is 4. The maximum Gasteiger partial charge on any atom is 0.264 e. The number of sulfonamides is 1. The second-order valence-electron chi connectivity index (χ2n) is 9.46. The molecule has 2 amide bonds. The number of amides is 2. The Balaban J connectivity index is 2.06. The van der Waals surface area contributed by atoms with Gasteiger partial charge in [-0.2, -0.15) is 0 Å². The van der Waals surface area contributed by atoms with Crippen LogP contribution in [0.25, 0.3) is 0 Å². The van der Waals surface area contributed by atoms with Crippen LogP contribution in [0, 0.1) is 6.92 Å². The van der Waals surface area contributed by atoms with Crippen LogP contribution in [0.15, 0.2) is 77.7 Å². The SMILES string of the molecule is CCCCNC(=O)[C@@H](CC)N(Cc1ccccc1Cl)C(=O)CN(c1ccccc1Cl)S(=O)(=O)c1ccc(C)cc1. The molecule has 0 aliphatic carbocycles. The predicted octanol–water partition coefficient (Wildman–Crippen LogP) is 6.22. The number of anilines is 1. The molecule has 0 spiro atoms. The number of aryl methyl sites for hydroxylation is 1. The number of nitrogens with one attached hydrogen (secondary N) is 1. The van der Waals surface area contributed by atoms with Crippen LogP contribution in [0.2, 0.25) is 10.0 Å². The van der Waals surface area contributed by atoms with Crippen molar-refractivity contribution in [3.63, 3.8) is 0 Å². The Morgan fingerprint density at radius 2 is 1.52 bits per heavy atom. The van der Waals surface area contributed by atoms with E-state index in [9.17, 15) is 18.0 Å². The molecule has 0 saturated carbocycles. The standard InChI is InChI=1S/C30H35Cl2N3O4S/c1-4-6-19-33-30(37)27(5-2)34(20-23-11-7-8-12-25(23)31)29(36)21-35(28-14-10-9-13-26(28)32)40(38,39)24-17-15-22(3)16-18-24/h7-18,27H,4-6,19-21H2,1-3H3,(H,33,37)/t27-/m1/s1. The molecule has 0 bridgehead atoms. The van der Waals surface area contributed by atoms with Gasteiger partial charge in [0.15, 0.2) is 0 Å². The van der Waals surface area contributed by atoms with Crippen molar-refractivity contribution in [3.8, 4) is 0 Å². The number of benzene rings is 3. The monoisotopic (exact) mass is 603 g/mol. The number of rotatable bonds is 13. The minimum Gasteiger partial charge on any atom is -0.354 e. The molecule has 7 nitrogen and oxygen atoms in total. The zero-order valence-electron chi connectivity index (χ0n) is 22.9. The molecule has 0 saturated heterocycles. The van der Waals surface area contributed by atoms with E-state index in [1.54, 1.807) is 60.7 Å². The summed E-state index contributed by atoms with van der Waals surface area (Å²) in [5.41, 5.74) is 1.70. The number of carbonyl (C=O) groups excluding carboxylic acids is 2. The van der Waals surface area contributed by atoms with Crippen LogP contribution in [0.1, 0.15) is 44.2 Å². The smallest absolute Gasteiger partial charge is 0.264 e. The number of nitrogens with zero attached hydrogens (tertiary/aromatic N) is 2. The van der Waals surface area contributed by atoms with Gasteiger partial charge < -0.3 is 10.2 Å². The van der Waals surface area contributed by atoms with Crippen LogP contribution < -0.4 is 9.62 Å². The Labute approximate surface area is 247 Å². The highest BCUT2D eigenvalue weighted by Gasteiger charge is 2.34. The number of para-hydroxylation sites is 1. The number of carbonyl (C=O) groups is 2. The highest BCUT2D eigenvalue weighted by atomic mass is 35.5. The Morgan fingerprint density at radius 1 is 0.900 bits per heavy atom. The quantitative estimate of drug-likeness (QED) is 0.235. The maximum atomic E-state index is 14.1. The lowest BCUT2D eigenvalue weighted by atomic mass is 10.1. The van der Waals surface area contributed by atoms with Gasteiger partial charge in [-0.05, 0) is 55.7 Å². The van der Waals surface area contributed by atoms with E-state index in [0.717, 1.165) is 22.7 Å². The van der Waals surface area contributed by atoms with Crippen molar-refractivity contribution in [3.05, 3.63) is 94.0 Å². The van der Waals surface area contributed by atoms with Gasteiger partial charge in [0.2, 0.25) is 11.8 Å². The van der Waals surface area contributed by atoms with Crippen molar-refractivity contribution in [2.24, 2.45) is 0 Å². The van der Waals surface area contributed by atoms with Gasteiger partial charge in [0, 0.05) is 18.1 Å². The fourth-order valence-electron chi connectivity index (χ4n) is 4.24. The summed E-state index contributed by atoms with van der Waals surface area (Å²) >= 11 is 12.9. The van der Waals surface area contributed by atoms with Crippen molar-refractivity contribution in [1.29, 1.82) is 0 Å². The Morgan fingerprint density at radius 3 is 2.12 bits per heavy atom. The number of halogens is 2. The van der Waals surface area contributed by atoms with Crippen molar-refractivity contribution < 1.29 is 18.0 Å². The lowest BCUT2D eigenvalue weighted by Crippen LogP contribution is -2.52. The number of hydrogen-bond donors (Lipinski definition) is 1. The molecule has 0 fully saturated rings. The molecule has 0 aliphatic rings. The van der Waals surface area contributed by atoms with Crippen LogP contribution in [0.3, 0.4) is 0 Å². The summed E-state index contributed by atoms with van der Waals surface area (Å²) in [5, 5.41) is 3.52. The van der Waals surface area contributed by atoms with Crippen LogP contribution in [0.5, 0.6) is 0 Å². The Bertz CT molecular complexity index is 1410. The summed E-state index contributed by atoms with van der Waals surface area (Å²) in [4.78, 5) is 28.7. The van der Waals surface area contributed by atoms with E-state index in [2.05, 4.69) is 5.32 Å². The van der Waals surface area contributed by atoms with E-state index in [0.29, 0.717) is 23.6 Å². The molecule has 3 aromatic rings. The molecular formula is C30H35Cl2N3O4S. The molecule has 0 aliphatic heterocycles. The Hall–Kier alpha value is -3.07. The van der Waals surface area contributed by atoms with Crippen molar-refractivity contribution in [1.82, 2.24) is 10.2 Å². The maximum absolute atomic E-state index is 14.1. The zero-order chi connectivity index (χ0) is 29.3. The van der Waals surface area contributed by atoms with E-state index in [1.165, 1.54) is 17.0 Å².